The summed E-state index contributed by atoms with van der Waals surface area (Å²) >= 11 is 0. The van der Waals surface area contributed by atoms with Crippen LogP contribution >= 0.6 is 0 Å². The smallest absolute Gasteiger partial charge is 0.249 e. The Labute approximate surface area is 222 Å². The Bertz CT molecular complexity index is 1430. The summed E-state index contributed by atoms with van der Waals surface area (Å²) in [5, 5.41) is 11.7. The fourth-order valence-corrected chi connectivity index (χ4v) is 5.28. The van der Waals surface area contributed by atoms with Crippen LogP contribution in [0.4, 0.5) is 5.69 Å². The number of para-hydroxylation sites is 2. The van der Waals surface area contributed by atoms with Gasteiger partial charge < -0.3 is 10.1 Å². The molecule has 1 unspecified atom stereocenters. The van der Waals surface area contributed by atoms with Gasteiger partial charge in [0, 0.05) is 11.7 Å². The highest BCUT2D eigenvalue weighted by Crippen LogP contribution is 2.33. The van der Waals surface area contributed by atoms with Crippen LogP contribution in [0.3, 0.4) is 0 Å². The van der Waals surface area contributed by atoms with Gasteiger partial charge >= 0.3 is 0 Å². The van der Waals surface area contributed by atoms with Crippen molar-refractivity contribution in [3.8, 4) is 5.75 Å². The van der Waals surface area contributed by atoms with E-state index in [0.29, 0.717) is 28.9 Å². The number of rotatable bonds is 9. The van der Waals surface area contributed by atoms with E-state index < -0.39 is 6.04 Å². The maximum absolute atomic E-state index is 14.3. The van der Waals surface area contributed by atoms with Crippen LogP contribution in [-0.4, -0.2) is 40.0 Å². The standard InChI is InChI=1S/C30H33N5O3/c1-3-21-11-4-8-17-26(21)35(28(36)20-34-27-18-9-7-16-25(27)32-33-34)29(22-12-10-15-24(19-22)38-2)30(37)31-23-13-5-6-14-23/h4,7-12,15-19,23,29H,3,5-6,13-14,20H2,1-2H3,(H,31,37). The molecule has 196 valence electrons. The molecule has 2 amide bonds. The van der Waals surface area contributed by atoms with E-state index in [4.69, 9.17) is 4.74 Å². The van der Waals surface area contributed by atoms with Crippen molar-refractivity contribution < 1.29 is 14.3 Å². The van der Waals surface area contributed by atoms with E-state index in [1.807, 2.05) is 79.7 Å². The minimum atomic E-state index is -0.888. The van der Waals surface area contributed by atoms with Crippen LogP contribution in [0.1, 0.15) is 49.8 Å². The highest BCUT2D eigenvalue weighted by molar-refractivity contribution is 6.02. The van der Waals surface area contributed by atoms with Crippen LogP contribution in [0.15, 0.2) is 72.8 Å². The topological polar surface area (TPSA) is 89.4 Å². The van der Waals surface area contributed by atoms with Gasteiger partial charge in [-0.1, -0.05) is 67.4 Å². The Kier molecular flexibility index (Phi) is 7.67. The summed E-state index contributed by atoms with van der Waals surface area (Å²) in [7, 11) is 1.60. The van der Waals surface area contributed by atoms with Gasteiger partial charge in [-0.2, -0.15) is 0 Å². The van der Waals surface area contributed by atoms with Crippen LogP contribution < -0.4 is 15.0 Å². The molecule has 1 N–H and O–H groups in total. The first-order valence-corrected chi connectivity index (χ1v) is 13.2. The number of carbonyl (C=O) groups excluding carboxylic acids is 2. The Morgan fingerprint density at radius 3 is 2.61 bits per heavy atom. The van der Waals surface area contributed by atoms with Crippen molar-refractivity contribution in [2.75, 3.05) is 12.0 Å². The normalized spacial score (nSPS) is 14.4. The first-order chi connectivity index (χ1) is 18.6. The summed E-state index contributed by atoms with van der Waals surface area (Å²) in [4.78, 5) is 29.9. The van der Waals surface area contributed by atoms with Crippen molar-refractivity contribution in [3.63, 3.8) is 0 Å². The van der Waals surface area contributed by atoms with E-state index >= 15 is 0 Å². The molecule has 3 aromatic carbocycles. The number of nitrogens with one attached hydrogen (secondary N) is 1. The molecule has 1 heterocycles. The monoisotopic (exact) mass is 511 g/mol. The largest absolute Gasteiger partial charge is 0.497 e. The zero-order valence-electron chi connectivity index (χ0n) is 21.8. The number of nitrogens with zero attached hydrogens (tertiary/aromatic N) is 4. The third kappa shape index (κ3) is 5.25. The van der Waals surface area contributed by atoms with Gasteiger partial charge in [-0.3, -0.25) is 14.5 Å². The number of methoxy groups -OCH3 is 1. The lowest BCUT2D eigenvalue weighted by molar-refractivity contribution is -0.127. The second kappa shape index (κ2) is 11.5. The Hall–Kier alpha value is -4.20. The number of benzene rings is 3. The lowest BCUT2D eigenvalue weighted by Gasteiger charge is -2.33. The number of fused-ring (bicyclic) bond motifs is 1. The molecule has 8 nitrogen and oxygen atoms in total. The third-order valence-electron chi connectivity index (χ3n) is 7.22. The van der Waals surface area contributed by atoms with Crippen LogP contribution in [-0.2, 0) is 22.6 Å². The Balaban J connectivity index is 1.61. The number of hydrogen-bond donors (Lipinski definition) is 1. The summed E-state index contributed by atoms with van der Waals surface area (Å²) in [5.41, 5.74) is 3.84. The van der Waals surface area contributed by atoms with E-state index in [9.17, 15) is 9.59 Å². The molecule has 0 radical (unpaired) electrons. The summed E-state index contributed by atoms with van der Waals surface area (Å²) in [5.74, 6) is 0.170. The minimum Gasteiger partial charge on any atom is -0.497 e. The second-order valence-electron chi connectivity index (χ2n) is 9.65. The summed E-state index contributed by atoms with van der Waals surface area (Å²) in [6.45, 7) is 1.99. The number of hydrogen-bond acceptors (Lipinski definition) is 5. The number of amides is 2. The minimum absolute atomic E-state index is 0.0598. The molecule has 38 heavy (non-hydrogen) atoms. The van der Waals surface area contributed by atoms with Crippen LogP contribution in [0.2, 0.25) is 0 Å². The fraction of sp³-hybridized carbons (Fsp3) is 0.333. The summed E-state index contributed by atoms with van der Waals surface area (Å²) in [6.07, 6.45) is 4.79. The van der Waals surface area contributed by atoms with Crippen molar-refractivity contribution in [1.82, 2.24) is 20.3 Å². The van der Waals surface area contributed by atoms with E-state index in [1.165, 1.54) is 0 Å². The molecule has 1 saturated carbocycles. The van der Waals surface area contributed by atoms with Gasteiger partial charge in [-0.15, -0.1) is 5.10 Å². The van der Waals surface area contributed by atoms with Gasteiger partial charge in [0.1, 0.15) is 23.9 Å². The first kappa shape index (κ1) is 25.4. The molecule has 1 aliphatic carbocycles. The molecule has 1 aliphatic rings. The van der Waals surface area contributed by atoms with Crippen molar-refractivity contribution in [3.05, 3.63) is 83.9 Å². The number of aryl methyl sites for hydroxylation is 1. The van der Waals surface area contributed by atoms with Crippen molar-refractivity contribution >= 4 is 28.5 Å². The molecule has 1 atom stereocenters. The van der Waals surface area contributed by atoms with E-state index in [1.54, 1.807) is 16.7 Å². The molecule has 0 spiro atoms. The number of anilines is 1. The summed E-state index contributed by atoms with van der Waals surface area (Å²) < 4.78 is 7.08. The maximum Gasteiger partial charge on any atom is 0.249 e. The van der Waals surface area contributed by atoms with Gasteiger partial charge in [-0.25, -0.2) is 4.68 Å². The quantitative estimate of drug-likeness (QED) is 0.348. The third-order valence-corrected chi connectivity index (χ3v) is 7.22. The maximum atomic E-state index is 14.3. The average Bonchev–Trinajstić information content (AvgIpc) is 3.61. The molecule has 0 saturated heterocycles. The molecular weight excluding hydrogens is 478 g/mol. The van der Waals surface area contributed by atoms with E-state index in [-0.39, 0.29) is 24.4 Å². The van der Waals surface area contributed by atoms with Gasteiger partial charge in [0.25, 0.3) is 0 Å². The van der Waals surface area contributed by atoms with Gasteiger partial charge in [0.15, 0.2) is 0 Å². The SMILES string of the molecule is CCc1ccccc1N(C(=O)Cn1nnc2ccccc21)C(C(=O)NC1CCCC1)c1cccc(OC)c1. The van der Waals surface area contributed by atoms with E-state index in [2.05, 4.69) is 15.6 Å². The van der Waals surface area contributed by atoms with Gasteiger partial charge in [0.2, 0.25) is 11.8 Å². The number of carbonyl (C=O) groups is 2. The molecule has 8 heteroatoms. The van der Waals surface area contributed by atoms with Crippen molar-refractivity contribution in [2.24, 2.45) is 0 Å². The zero-order valence-corrected chi connectivity index (χ0v) is 21.8. The predicted octanol–water partition coefficient (Wildman–Crippen LogP) is 4.84. The molecule has 0 aliphatic heterocycles. The lowest BCUT2D eigenvalue weighted by Crippen LogP contribution is -2.47. The highest BCUT2D eigenvalue weighted by atomic mass is 16.5. The first-order valence-electron chi connectivity index (χ1n) is 13.2. The second-order valence-corrected chi connectivity index (χ2v) is 9.65. The molecule has 4 aromatic rings. The van der Waals surface area contributed by atoms with Crippen molar-refractivity contribution in [2.45, 2.75) is 57.7 Å². The van der Waals surface area contributed by atoms with Crippen LogP contribution in [0.5, 0.6) is 5.75 Å². The lowest BCUT2D eigenvalue weighted by atomic mass is 10.00. The number of aromatic nitrogens is 3. The van der Waals surface area contributed by atoms with Gasteiger partial charge in [-0.05, 0) is 60.7 Å². The molecule has 0 bridgehead atoms. The molecule has 1 aromatic heterocycles. The van der Waals surface area contributed by atoms with Crippen molar-refractivity contribution in [1.29, 1.82) is 0 Å². The summed E-state index contributed by atoms with van der Waals surface area (Å²) in [6, 6.07) is 21.9. The van der Waals surface area contributed by atoms with Crippen LogP contribution in [0.25, 0.3) is 11.0 Å². The molecule has 5 rings (SSSR count). The fourth-order valence-electron chi connectivity index (χ4n) is 5.28. The van der Waals surface area contributed by atoms with E-state index in [0.717, 1.165) is 36.8 Å². The number of ether oxygens (including phenoxy) is 1. The Morgan fingerprint density at radius 2 is 1.82 bits per heavy atom. The van der Waals surface area contributed by atoms with Crippen LogP contribution in [0, 0.1) is 0 Å². The molecular formula is C30H33N5O3. The van der Waals surface area contributed by atoms with Gasteiger partial charge in [0.05, 0.1) is 12.6 Å². The zero-order chi connectivity index (χ0) is 26.5. The average molecular weight is 512 g/mol. The molecule has 1 fully saturated rings. The predicted molar refractivity (Wildman–Crippen MR) is 147 cm³/mol. The Morgan fingerprint density at radius 1 is 1.05 bits per heavy atom. The highest BCUT2D eigenvalue weighted by Gasteiger charge is 2.35.